The highest BCUT2D eigenvalue weighted by Gasteiger charge is 2.56. The van der Waals surface area contributed by atoms with E-state index in [2.05, 4.69) is 53.7 Å². The summed E-state index contributed by atoms with van der Waals surface area (Å²) < 4.78 is 2.22. The number of carbonyl (C=O) groups is 1. The maximum Gasteiger partial charge on any atom is 0.253 e. The smallest absolute Gasteiger partial charge is 0.253 e. The van der Waals surface area contributed by atoms with Gasteiger partial charge in [0.25, 0.3) is 5.91 Å². The summed E-state index contributed by atoms with van der Waals surface area (Å²) in [7, 11) is 0. The molecule has 0 spiro atoms. The van der Waals surface area contributed by atoms with Crippen LogP contribution >= 0.6 is 0 Å². The molecule has 2 aromatic heterocycles. The van der Waals surface area contributed by atoms with E-state index in [4.69, 9.17) is 0 Å². The van der Waals surface area contributed by atoms with Crippen molar-refractivity contribution in [2.75, 3.05) is 0 Å². The average Bonchev–Trinajstić information content (AvgIpc) is 3.20. The second-order valence-electron chi connectivity index (χ2n) is 10.2. The second kappa shape index (κ2) is 7.58. The first-order valence-electron chi connectivity index (χ1n) is 11.0. The van der Waals surface area contributed by atoms with Crippen LogP contribution in [-0.2, 0) is 6.54 Å². The van der Waals surface area contributed by atoms with E-state index in [1.54, 1.807) is 12.4 Å². The molecule has 0 aliphatic heterocycles. The number of nitrogens with one attached hydrogen (secondary N) is 1. The van der Waals surface area contributed by atoms with Crippen molar-refractivity contribution in [1.29, 1.82) is 0 Å². The highest BCUT2D eigenvalue weighted by molar-refractivity contribution is 5.94. The summed E-state index contributed by atoms with van der Waals surface area (Å²) in [5.74, 6) is 1.48. The van der Waals surface area contributed by atoms with E-state index in [1.165, 1.54) is 19.3 Å². The molecule has 1 amide bonds. The molecule has 2 aliphatic carbocycles. The van der Waals surface area contributed by atoms with Gasteiger partial charge in [0, 0.05) is 37.4 Å². The van der Waals surface area contributed by atoms with Gasteiger partial charge in [0.15, 0.2) is 0 Å². The van der Waals surface area contributed by atoms with Crippen LogP contribution in [0.15, 0.2) is 43.2 Å². The Morgan fingerprint density at radius 2 is 2.07 bits per heavy atom. The zero-order valence-corrected chi connectivity index (χ0v) is 18.1. The summed E-state index contributed by atoms with van der Waals surface area (Å²) >= 11 is 0. The summed E-state index contributed by atoms with van der Waals surface area (Å²) in [6.45, 7) is 10.7. The van der Waals surface area contributed by atoms with Gasteiger partial charge in [-0.2, -0.15) is 0 Å². The number of rotatable bonds is 4. The quantitative estimate of drug-likeness (QED) is 0.827. The Morgan fingerprint density at radius 3 is 2.76 bits per heavy atom. The number of imidazole rings is 1. The van der Waals surface area contributed by atoms with Gasteiger partial charge >= 0.3 is 0 Å². The summed E-state index contributed by atoms with van der Waals surface area (Å²) in [4.78, 5) is 21.3. The summed E-state index contributed by atoms with van der Waals surface area (Å²) in [5, 5.41) is 3.38. The molecule has 1 unspecified atom stereocenters. The SMILES string of the molecule is C[C@@H]1[C@H](NC(=O)c2cccnc2)CC2C(C)(C)CCC[C@]2(C)[C@H]1Cn1ccnc1. The molecule has 0 saturated heterocycles. The summed E-state index contributed by atoms with van der Waals surface area (Å²) in [6.07, 6.45) is 14.1. The van der Waals surface area contributed by atoms with Crippen LogP contribution in [0.4, 0.5) is 0 Å². The molecule has 5 heteroatoms. The standard InChI is InChI=1S/C24H34N4O/c1-17-19(15-28-12-11-26-16-28)24(4)9-6-8-23(2,3)21(24)13-20(17)27-22(29)18-7-5-10-25-14-18/h5,7,10-12,14,16-17,19-21H,6,8-9,13,15H2,1-4H3,(H,27,29)/t17-,19-,20+,21?,24+/m0/s1. The van der Waals surface area contributed by atoms with Gasteiger partial charge in [0.05, 0.1) is 11.9 Å². The summed E-state index contributed by atoms with van der Waals surface area (Å²) in [5.41, 5.74) is 1.21. The van der Waals surface area contributed by atoms with Gasteiger partial charge in [-0.05, 0) is 60.0 Å². The molecular weight excluding hydrogens is 360 g/mol. The largest absolute Gasteiger partial charge is 0.349 e. The van der Waals surface area contributed by atoms with Gasteiger partial charge in [0.1, 0.15) is 0 Å². The average molecular weight is 395 g/mol. The van der Waals surface area contributed by atoms with Crippen LogP contribution in [-0.4, -0.2) is 26.5 Å². The van der Waals surface area contributed by atoms with Crippen molar-refractivity contribution in [3.63, 3.8) is 0 Å². The molecule has 29 heavy (non-hydrogen) atoms. The molecule has 0 bridgehead atoms. The maximum absolute atomic E-state index is 12.9. The molecule has 2 aliphatic rings. The van der Waals surface area contributed by atoms with Crippen molar-refractivity contribution >= 4 is 5.91 Å². The van der Waals surface area contributed by atoms with E-state index in [0.717, 1.165) is 13.0 Å². The van der Waals surface area contributed by atoms with Crippen LogP contribution < -0.4 is 5.32 Å². The number of carbonyl (C=O) groups excluding carboxylic acids is 1. The van der Waals surface area contributed by atoms with E-state index in [-0.39, 0.29) is 22.8 Å². The molecule has 156 valence electrons. The van der Waals surface area contributed by atoms with Crippen molar-refractivity contribution in [1.82, 2.24) is 19.9 Å². The van der Waals surface area contributed by atoms with Gasteiger partial charge in [-0.15, -0.1) is 0 Å². The van der Waals surface area contributed by atoms with Gasteiger partial charge in [-0.25, -0.2) is 4.98 Å². The van der Waals surface area contributed by atoms with Crippen LogP contribution in [0.5, 0.6) is 0 Å². The lowest BCUT2D eigenvalue weighted by Gasteiger charge is -2.61. The van der Waals surface area contributed by atoms with E-state index in [0.29, 0.717) is 23.3 Å². The third kappa shape index (κ3) is 3.72. The number of hydrogen-bond acceptors (Lipinski definition) is 3. The Kier molecular flexibility index (Phi) is 5.26. The van der Waals surface area contributed by atoms with E-state index < -0.39 is 0 Å². The Labute approximate surface area is 174 Å². The fourth-order valence-electron chi connectivity index (χ4n) is 6.48. The van der Waals surface area contributed by atoms with Crippen molar-refractivity contribution in [3.8, 4) is 0 Å². The Hall–Kier alpha value is -2.17. The molecule has 5 atom stereocenters. The highest BCUT2D eigenvalue weighted by Crippen LogP contribution is 2.61. The fourth-order valence-corrected chi connectivity index (χ4v) is 6.48. The van der Waals surface area contributed by atoms with Gasteiger partial charge < -0.3 is 9.88 Å². The van der Waals surface area contributed by atoms with Gasteiger partial charge in [-0.3, -0.25) is 9.78 Å². The number of hydrogen-bond donors (Lipinski definition) is 1. The minimum Gasteiger partial charge on any atom is -0.349 e. The number of nitrogens with zero attached hydrogens (tertiary/aromatic N) is 3. The first-order valence-corrected chi connectivity index (χ1v) is 11.0. The lowest BCUT2D eigenvalue weighted by atomic mass is 9.45. The topological polar surface area (TPSA) is 59.8 Å². The maximum atomic E-state index is 12.9. The Balaban J connectivity index is 1.64. The fraction of sp³-hybridized carbons (Fsp3) is 0.625. The van der Waals surface area contributed by atoms with Gasteiger partial charge in [-0.1, -0.05) is 34.1 Å². The number of pyridine rings is 1. The van der Waals surface area contributed by atoms with Gasteiger partial charge in [0.2, 0.25) is 0 Å². The highest BCUT2D eigenvalue weighted by atomic mass is 16.1. The Bertz CT molecular complexity index is 832. The normalized spacial score (nSPS) is 33.7. The van der Waals surface area contributed by atoms with Crippen LogP contribution in [0, 0.1) is 28.6 Å². The number of amides is 1. The first-order chi connectivity index (χ1) is 13.8. The minimum atomic E-state index is -0.00597. The monoisotopic (exact) mass is 394 g/mol. The predicted molar refractivity (Wildman–Crippen MR) is 114 cm³/mol. The van der Waals surface area contributed by atoms with Crippen LogP contribution in [0.2, 0.25) is 0 Å². The van der Waals surface area contributed by atoms with Crippen LogP contribution in [0.1, 0.15) is 63.7 Å². The molecule has 0 radical (unpaired) electrons. The van der Waals surface area contributed by atoms with Crippen molar-refractivity contribution in [3.05, 3.63) is 48.8 Å². The Morgan fingerprint density at radius 1 is 1.24 bits per heavy atom. The number of fused-ring (bicyclic) bond motifs is 1. The summed E-state index contributed by atoms with van der Waals surface area (Å²) in [6, 6.07) is 3.84. The lowest BCUT2D eigenvalue weighted by Crippen LogP contribution is -2.59. The molecule has 5 nitrogen and oxygen atoms in total. The zero-order valence-electron chi connectivity index (χ0n) is 18.1. The second-order valence-corrected chi connectivity index (χ2v) is 10.2. The lowest BCUT2D eigenvalue weighted by molar-refractivity contribution is -0.109. The van der Waals surface area contributed by atoms with Crippen LogP contribution in [0.25, 0.3) is 0 Å². The molecular formula is C24H34N4O. The minimum absolute atomic E-state index is 0.00597. The van der Waals surface area contributed by atoms with Crippen molar-refractivity contribution < 1.29 is 4.79 Å². The molecule has 2 fully saturated rings. The van der Waals surface area contributed by atoms with E-state index in [1.807, 2.05) is 24.7 Å². The molecule has 2 heterocycles. The number of aromatic nitrogens is 3. The molecule has 2 saturated carbocycles. The third-order valence-electron chi connectivity index (χ3n) is 8.09. The van der Waals surface area contributed by atoms with Crippen molar-refractivity contribution in [2.24, 2.45) is 28.6 Å². The van der Waals surface area contributed by atoms with E-state index in [9.17, 15) is 4.79 Å². The molecule has 2 aromatic rings. The zero-order chi connectivity index (χ0) is 20.6. The van der Waals surface area contributed by atoms with Crippen LogP contribution in [0.3, 0.4) is 0 Å². The first kappa shape index (κ1) is 20.1. The van der Waals surface area contributed by atoms with Crippen molar-refractivity contribution in [2.45, 2.75) is 66.0 Å². The predicted octanol–water partition coefficient (Wildman–Crippen LogP) is 4.57. The molecule has 0 aromatic carbocycles. The molecule has 1 N–H and O–H groups in total. The third-order valence-corrected chi connectivity index (χ3v) is 8.09. The van der Waals surface area contributed by atoms with E-state index >= 15 is 0 Å². The molecule has 4 rings (SSSR count).